The zero-order valence-corrected chi connectivity index (χ0v) is 12.5. The lowest BCUT2D eigenvalue weighted by molar-refractivity contribution is -0.137. The van der Waals surface area contributed by atoms with Gasteiger partial charge in [0.05, 0.1) is 11.3 Å². The van der Waals surface area contributed by atoms with Gasteiger partial charge in [-0.2, -0.15) is 18.3 Å². The van der Waals surface area contributed by atoms with E-state index in [0.29, 0.717) is 0 Å². The molecule has 0 aliphatic rings. The number of benzene rings is 1. The molecule has 0 saturated heterocycles. The summed E-state index contributed by atoms with van der Waals surface area (Å²) in [4.78, 5) is 3.71. The first-order chi connectivity index (χ1) is 10.3. The van der Waals surface area contributed by atoms with Crippen LogP contribution < -0.4 is 5.43 Å². The summed E-state index contributed by atoms with van der Waals surface area (Å²) in [7, 11) is 0. The Kier molecular flexibility index (Phi) is 4.49. The molecule has 22 heavy (non-hydrogen) atoms. The molecule has 1 N–H and O–H groups in total. The highest BCUT2D eigenvalue weighted by Crippen LogP contribution is 2.28. The number of rotatable bonds is 3. The van der Waals surface area contributed by atoms with Gasteiger partial charge in [-0.15, -0.1) is 0 Å². The Bertz CT molecular complexity index is 689. The van der Waals surface area contributed by atoms with Crippen LogP contribution in [0.2, 0.25) is 0 Å². The fourth-order valence-electron chi connectivity index (χ4n) is 1.95. The molecule has 2 aromatic rings. The van der Waals surface area contributed by atoms with Crippen LogP contribution in [0, 0.1) is 13.8 Å². The van der Waals surface area contributed by atoms with E-state index in [0.717, 1.165) is 34.7 Å². The minimum atomic E-state index is -4.39. The van der Waals surface area contributed by atoms with E-state index in [1.807, 2.05) is 39.0 Å². The Morgan fingerprint density at radius 2 is 1.86 bits per heavy atom. The number of nitrogens with zero attached hydrogens (tertiary/aromatic N) is 2. The van der Waals surface area contributed by atoms with Crippen molar-refractivity contribution in [2.75, 3.05) is 5.43 Å². The van der Waals surface area contributed by atoms with Crippen molar-refractivity contribution >= 4 is 11.5 Å². The van der Waals surface area contributed by atoms with Gasteiger partial charge in [-0.25, -0.2) is 4.98 Å². The normalized spacial score (nSPS) is 12.4. The number of hydrogen-bond donors (Lipinski definition) is 1. The number of aromatic nitrogens is 1. The summed E-state index contributed by atoms with van der Waals surface area (Å²) in [6, 6.07) is 8.24. The Morgan fingerprint density at radius 1 is 1.14 bits per heavy atom. The maximum atomic E-state index is 12.4. The van der Waals surface area contributed by atoms with E-state index in [1.54, 1.807) is 0 Å². The number of hydrazone groups is 1. The topological polar surface area (TPSA) is 37.3 Å². The van der Waals surface area contributed by atoms with Gasteiger partial charge in [0.1, 0.15) is 5.82 Å². The average molecular weight is 307 g/mol. The van der Waals surface area contributed by atoms with Crippen LogP contribution in [0.4, 0.5) is 19.0 Å². The molecular formula is C16H16F3N3. The summed E-state index contributed by atoms with van der Waals surface area (Å²) in [6.45, 7) is 5.80. The molecule has 0 fully saturated rings. The second-order valence-corrected chi connectivity index (χ2v) is 5.06. The van der Waals surface area contributed by atoms with Gasteiger partial charge in [0.2, 0.25) is 0 Å². The van der Waals surface area contributed by atoms with Crippen molar-refractivity contribution in [1.82, 2.24) is 4.98 Å². The van der Waals surface area contributed by atoms with E-state index < -0.39 is 11.7 Å². The van der Waals surface area contributed by atoms with E-state index >= 15 is 0 Å². The molecule has 0 bridgehead atoms. The number of hydrogen-bond acceptors (Lipinski definition) is 3. The summed E-state index contributed by atoms with van der Waals surface area (Å²) in [5.41, 5.74) is 5.81. The number of anilines is 1. The first-order valence-electron chi connectivity index (χ1n) is 6.68. The lowest BCUT2D eigenvalue weighted by Gasteiger charge is -2.08. The summed E-state index contributed by atoms with van der Waals surface area (Å²) in [5, 5.41) is 4.18. The van der Waals surface area contributed by atoms with Crippen LogP contribution in [0.25, 0.3) is 0 Å². The van der Waals surface area contributed by atoms with Gasteiger partial charge in [0.25, 0.3) is 0 Å². The fraction of sp³-hybridized carbons (Fsp3) is 0.250. The minimum absolute atomic E-state index is 0.262. The molecule has 0 radical (unpaired) electrons. The predicted octanol–water partition coefficient (Wildman–Crippen LogP) is 4.55. The van der Waals surface area contributed by atoms with Gasteiger partial charge < -0.3 is 0 Å². The smallest absolute Gasteiger partial charge is 0.261 e. The SMILES string of the molecule is C/C(=N/Nc1ccc(C(F)(F)F)cn1)c1cc(C)ccc1C. The Labute approximate surface area is 126 Å². The van der Waals surface area contributed by atoms with Crippen LogP contribution in [-0.4, -0.2) is 10.7 Å². The summed E-state index contributed by atoms with van der Waals surface area (Å²) < 4.78 is 37.3. The van der Waals surface area contributed by atoms with Crippen LogP contribution >= 0.6 is 0 Å². The lowest BCUT2D eigenvalue weighted by Crippen LogP contribution is -2.06. The second-order valence-electron chi connectivity index (χ2n) is 5.06. The van der Waals surface area contributed by atoms with Crippen molar-refractivity contribution in [3.8, 4) is 0 Å². The maximum absolute atomic E-state index is 12.4. The highest BCUT2D eigenvalue weighted by molar-refractivity contribution is 6.00. The van der Waals surface area contributed by atoms with Gasteiger partial charge in [-0.05, 0) is 44.5 Å². The third kappa shape index (κ3) is 3.84. The molecule has 0 spiro atoms. The van der Waals surface area contributed by atoms with Crippen LogP contribution in [0.5, 0.6) is 0 Å². The average Bonchev–Trinajstić information content (AvgIpc) is 2.47. The molecule has 1 aromatic heterocycles. The van der Waals surface area contributed by atoms with E-state index in [1.165, 1.54) is 6.07 Å². The lowest BCUT2D eigenvalue weighted by atomic mass is 10.0. The molecule has 2 rings (SSSR count). The molecule has 3 nitrogen and oxygen atoms in total. The largest absolute Gasteiger partial charge is 0.417 e. The summed E-state index contributed by atoms with van der Waals surface area (Å²) in [5.74, 6) is 0.262. The number of halogens is 3. The number of pyridine rings is 1. The van der Waals surface area contributed by atoms with Crippen LogP contribution in [0.1, 0.15) is 29.2 Å². The van der Waals surface area contributed by atoms with E-state index in [2.05, 4.69) is 15.5 Å². The molecular weight excluding hydrogens is 291 g/mol. The van der Waals surface area contributed by atoms with Gasteiger partial charge in [-0.3, -0.25) is 5.43 Å². The Hall–Kier alpha value is -2.37. The third-order valence-electron chi connectivity index (χ3n) is 3.21. The third-order valence-corrected chi connectivity index (χ3v) is 3.21. The van der Waals surface area contributed by atoms with Crippen molar-refractivity contribution < 1.29 is 13.2 Å². The number of aryl methyl sites for hydroxylation is 2. The van der Waals surface area contributed by atoms with Crippen molar-refractivity contribution in [2.45, 2.75) is 26.9 Å². The molecule has 116 valence electrons. The zero-order chi connectivity index (χ0) is 16.3. The second kappa shape index (κ2) is 6.17. The maximum Gasteiger partial charge on any atom is 0.417 e. The standard InChI is InChI=1S/C16H16F3N3/c1-10-4-5-11(2)14(8-10)12(3)21-22-15-7-6-13(9-20-15)16(17,18)19/h4-9H,1-3H3,(H,20,22)/b21-12-. The van der Waals surface area contributed by atoms with E-state index in [4.69, 9.17) is 0 Å². The van der Waals surface area contributed by atoms with E-state index in [-0.39, 0.29) is 5.82 Å². The van der Waals surface area contributed by atoms with Crippen LogP contribution in [-0.2, 0) is 6.18 Å². The summed E-state index contributed by atoms with van der Waals surface area (Å²) in [6.07, 6.45) is -3.60. The van der Waals surface area contributed by atoms with Crippen LogP contribution in [0.3, 0.4) is 0 Å². The molecule has 6 heteroatoms. The van der Waals surface area contributed by atoms with Crippen LogP contribution in [0.15, 0.2) is 41.6 Å². The van der Waals surface area contributed by atoms with Gasteiger partial charge in [-0.1, -0.05) is 17.7 Å². The van der Waals surface area contributed by atoms with Gasteiger partial charge >= 0.3 is 6.18 Å². The van der Waals surface area contributed by atoms with E-state index in [9.17, 15) is 13.2 Å². The minimum Gasteiger partial charge on any atom is -0.261 e. The summed E-state index contributed by atoms with van der Waals surface area (Å²) >= 11 is 0. The first kappa shape index (κ1) is 16.0. The molecule has 0 aliphatic heterocycles. The predicted molar refractivity (Wildman–Crippen MR) is 81.0 cm³/mol. The molecule has 1 heterocycles. The molecule has 0 unspecified atom stereocenters. The van der Waals surface area contributed by atoms with Crippen molar-refractivity contribution in [3.63, 3.8) is 0 Å². The molecule has 1 aromatic carbocycles. The zero-order valence-electron chi connectivity index (χ0n) is 12.5. The highest BCUT2D eigenvalue weighted by Gasteiger charge is 2.30. The molecule has 0 saturated carbocycles. The number of alkyl halides is 3. The van der Waals surface area contributed by atoms with Crippen molar-refractivity contribution in [2.24, 2.45) is 5.10 Å². The number of nitrogens with one attached hydrogen (secondary N) is 1. The van der Waals surface area contributed by atoms with Crippen molar-refractivity contribution in [3.05, 3.63) is 58.8 Å². The molecule has 0 atom stereocenters. The Morgan fingerprint density at radius 3 is 2.45 bits per heavy atom. The monoisotopic (exact) mass is 307 g/mol. The van der Waals surface area contributed by atoms with Gasteiger partial charge in [0.15, 0.2) is 0 Å². The Balaban J connectivity index is 2.15. The molecule has 0 amide bonds. The fourth-order valence-corrected chi connectivity index (χ4v) is 1.95. The quantitative estimate of drug-likeness (QED) is 0.667. The first-order valence-corrected chi connectivity index (χ1v) is 6.68. The molecule has 0 aliphatic carbocycles. The highest BCUT2D eigenvalue weighted by atomic mass is 19.4. The van der Waals surface area contributed by atoms with Gasteiger partial charge in [0, 0.05) is 11.8 Å². The van der Waals surface area contributed by atoms with Crippen molar-refractivity contribution in [1.29, 1.82) is 0 Å².